The van der Waals surface area contributed by atoms with Crippen molar-refractivity contribution in [3.8, 4) is 80.1 Å². The molecule has 7 unspecified atom stereocenters. The summed E-state index contributed by atoms with van der Waals surface area (Å²) in [4.78, 5) is 71.3. The van der Waals surface area contributed by atoms with Crippen LogP contribution in [0.4, 0.5) is 0 Å². The molecule has 1 saturated heterocycles. The molecule has 9 atom stereocenters. The van der Waals surface area contributed by atoms with Gasteiger partial charge in [-0.1, -0.05) is 0 Å². The number of rotatable bonds is 2. The maximum absolute atomic E-state index is 14.6. The predicted molar refractivity (Wildman–Crippen MR) is 200 cm³/mol. The van der Waals surface area contributed by atoms with Crippen LogP contribution in [0.3, 0.4) is 0 Å². The van der Waals surface area contributed by atoms with E-state index in [0.717, 1.165) is 0 Å². The monoisotopic (exact) mass is 926 g/mol. The number of aliphatic hydroxyl groups excluding tert-OH is 1. The molecule has 4 aromatic rings. The van der Waals surface area contributed by atoms with Gasteiger partial charge in [-0.25, -0.2) is 24.0 Å². The quantitative estimate of drug-likeness (QED) is 0.0665. The molecule has 4 aliphatic heterocycles. The van der Waals surface area contributed by atoms with Gasteiger partial charge < -0.3 is 105 Å². The van der Waals surface area contributed by atoms with Gasteiger partial charge in [0.05, 0.1) is 28.2 Å². The van der Waals surface area contributed by atoms with Gasteiger partial charge in [0.2, 0.25) is 35.4 Å². The SMILES string of the molecule is O=C(OC1OC2COC(=O)c3cc(O)c(O)c(O)c3-c3c(cc(O)c(O)c3O)C(=O)O[C@H]3C1OC(=O)c1cc(O)c(O)c4c1C1C(O)(CC(O)C1(O)O4)C(=O)O[C@H]23)c1cc(O)c(O)c(O)c1. The highest BCUT2D eigenvalue weighted by Crippen LogP contribution is 2.62. The second-order valence-electron chi connectivity index (χ2n) is 15.5. The van der Waals surface area contributed by atoms with Crippen molar-refractivity contribution in [2.45, 2.75) is 60.5 Å². The zero-order valence-corrected chi connectivity index (χ0v) is 32.5. The molecule has 1 aliphatic carbocycles. The molecule has 346 valence electrons. The van der Waals surface area contributed by atoms with Crippen LogP contribution in [0.25, 0.3) is 11.1 Å². The van der Waals surface area contributed by atoms with Crippen LogP contribution in [0.2, 0.25) is 0 Å². The first-order chi connectivity index (χ1) is 31.0. The molecule has 4 heterocycles. The maximum Gasteiger partial charge on any atom is 0.340 e. The second-order valence-corrected chi connectivity index (χ2v) is 15.5. The van der Waals surface area contributed by atoms with Crippen molar-refractivity contribution in [3.63, 3.8) is 0 Å². The number of fused-ring (bicyclic) bond motifs is 3. The minimum Gasteiger partial charge on any atom is -0.504 e. The Hall–Kier alpha value is -8.33. The number of aromatic hydroxyl groups is 11. The van der Waals surface area contributed by atoms with Crippen molar-refractivity contribution in [1.29, 1.82) is 0 Å². The first kappa shape index (κ1) is 42.9. The van der Waals surface area contributed by atoms with Gasteiger partial charge in [0.15, 0.2) is 69.6 Å². The zero-order valence-electron chi connectivity index (χ0n) is 32.5. The maximum atomic E-state index is 14.6. The van der Waals surface area contributed by atoms with E-state index >= 15 is 0 Å². The Kier molecular flexibility index (Phi) is 9.33. The molecular formula is C40H30O26. The van der Waals surface area contributed by atoms with Crippen molar-refractivity contribution in [1.82, 2.24) is 0 Å². The summed E-state index contributed by atoms with van der Waals surface area (Å²) < 4.78 is 39.3. The summed E-state index contributed by atoms with van der Waals surface area (Å²) in [5, 5.41) is 151. The Morgan fingerprint density at radius 3 is 1.73 bits per heavy atom. The molecule has 0 amide bonds. The van der Waals surface area contributed by atoms with Gasteiger partial charge in [0.25, 0.3) is 0 Å². The van der Waals surface area contributed by atoms with E-state index in [2.05, 4.69) is 0 Å². The van der Waals surface area contributed by atoms with Gasteiger partial charge >= 0.3 is 29.8 Å². The van der Waals surface area contributed by atoms with E-state index in [0.29, 0.717) is 30.3 Å². The molecule has 0 aromatic heterocycles. The van der Waals surface area contributed by atoms with E-state index in [4.69, 9.17) is 33.2 Å². The number of esters is 5. The fourth-order valence-electron chi connectivity index (χ4n) is 8.60. The largest absolute Gasteiger partial charge is 0.504 e. The molecule has 2 fully saturated rings. The third-order valence-electron chi connectivity index (χ3n) is 11.7. The normalized spacial score (nSPS) is 28.6. The third-order valence-corrected chi connectivity index (χ3v) is 11.7. The third kappa shape index (κ3) is 5.99. The summed E-state index contributed by atoms with van der Waals surface area (Å²) in [6.07, 6.45) is -15.5. The molecule has 4 aromatic carbocycles. The lowest BCUT2D eigenvalue weighted by atomic mass is 9.81. The van der Waals surface area contributed by atoms with Crippen molar-refractivity contribution in [3.05, 3.63) is 58.1 Å². The van der Waals surface area contributed by atoms with Crippen molar-refractivity contribution >= 4 is 29.8 Å². The molecule has 14 N–H and O–H groups in total. The standard InChI is InChI=1S/C40H30O26/c41-12-1-8(2-13(42)22(12)47)33(53)65-37-31-30-28(64-38(57)39(58)6-18(46)40(59)32(39)21-11(36(56)63-31)5-16(45)25(50)29(21)66-40)17(61-37)7-60-34(54)9-3-14(43)23(48)26(51)19(9)20-10(35(55)62-30)4-15(44)24(49)27(20)52/h1-5,17-18,28,30-32,37,41-52,58-59H,6-7H2/t17?,18?,28-,30-,31?,32?,37?,39?,40?/m1/s1. The molecular weight excluding hydrogens is 896 g/mol. The molecule has 1 saturated carbocycles. The molecule has 5 aliphatic rings. The molecule has 0 radical (unpaired) electrons. The highest BCUT2D eigenvalue weighted by molar-refractivity contribution is 6.08. The van der Waals surface area contributed by atoms with Crippen LogP contribution in [-0.4, -0.2) is 156 Å². The molecule has 0 spiro atoms. The van der Waals surface area contributed by atoms with E-state index in [9.17, 15) is 95.5 Å². The molecule has 26 nitrogen and oxygen atoms in total. The molecule has 66 heavy (non-hydrogen) atoms. The summed E-state index contributed by atoms with van der Waals surface area (Å²) in [5.74, 6) is -28.7. The molecule has 9 rings (SSSR count). The average Bonchev–Trinajstić information content (AvgIpc) is 3.69. The van der Waals surface area contributed by atoms with Gasteiger partial charge in [-0.3, -0.25) is 0 Å². The smallest absolute Gasteiger partial charge is 0.340 e. The minimum absolute atomic E-state index is 0.387. The number of ether oxygens (including phenoxy) is 7. The summed E-state index contributed by atoms with van der Waals surface area (Å²) in [5.41, 5.74) is -10.00. The number of phenolic OH excluding ortho intramolecular Hbond substituents is 11. The van der Waals surface area contributed by atoms with E-state index < -0.39 is 205 Å². The van der Waals surface area contributed by atoms with Crippen LogP contribution in [0.15, 0.2) is 30.3 Å². The molecule has 4 bridgehead atoms. The summed E-state index contributed by atoms with van der Waals surface area (Å²) in [6, 6.07) is 2.52. The summed E-state index contributed by atoms with van der Waals surface area (Å²) in [7, 11) is 0. The topological polar surface area (TPSA) is 433 Å². The number of aliphatic hydroxyl groups is 3. The fourth-order valence-corrected chi connectivity index (χ4v) is 8.60. The van der Waals surface area contributed by atoms with Crippen molar-refractivity contribution < 1.29 is 129 Å². The number of hydrogen-bond acceptors (Lipinski definition) is 26. The van der Waals surface area contributed by atoms with Crippen LogP contribution >= 0.6 is 0 Å². The van der Waals surface area contributed by atoms with Gasteiger partial charge in [-0.15, -0.1) is 0 Å². The van der Waals surface area contributed by atoms with Crippen LogP contribution in [0, 0.1) is 0 Å². The van der Waals surface area contributed by atoms with Crippen LogP contribution in [0.5, 0.6) is 69.0 Å². The van der Waals surface area contributed by atoms with E-state index in [-0.39, 0.29) is 0 Å². The number of carbonyl (C=O) groups excluding carboxylic acids is 5. The second kappa shape index (κ2) is 14.3. The van der Waals surface area contributed by atoms with Gasteiger partial charge in [-0.2, -0.15) is 0 Å². The number of phenols is 11. The lowest BCUT2D eigenvalue weighted by molar-refractivity contribution is -0.289. The highest BCUT2D eigenvalue weighted by atomic mass is 16.8. The lowest BCUT2D eigenvalue weighted by Gasteiger charge is -2.44. The number of hydrogen-bond donors (Lipinski definition) is 14. The average molecular weight is 927 g/mol. The van der Waals surface area contributed by atoms with Crippen molar-refractivity contribution in [2.24, 2.45) is 0 Å². The highest BCUT2D eigenvalue weighted by Gasteiger charge is 2.73. The van der Waals surface area contributed by atoms with Crippen LogP contribution < -0.4 is 4.74 Å². The Bertz CT molecular complexity index is 2850. The first-order valence-corrected chi connectivity index (χ1v) is 18.9. The van der Waals surface area contributed by atoms with Gasteiger partial charge in [0, 0.05) is 23.1 Å². The van der Waals surface area contributed by atoms with Gasteiger partial charge in [-0.05, 0) is 30.3 Å². The number of benzene rings is 4. The Labute approximate surface area is 363 Å². The lowest BCUT2D eigenvalue weighted by Crippen LogP contribution is -2.64. The van der Waals surface area contributed by atoms with E-state index in [1.807, 2.05) is 0 Å². The van der Waals surface area contributed by atoms with Gasteiger partial charge in [0.1, 0.15) is 18.8 Å². The minimum atomic E-state index is -3.22. The Morgan fingerprint density at radius 1 is 0.606 bits per heavy atom. The first-order valence-electron chi connectivity index (χ1n) is 18.9. The van der Waals surface area contributed by atoms with E-state index in [1.54, 1.807) is 0 Å². The van der Waals surface area contributed by atoms with Crippen LogP contribution in [-0.2, 0) is 33.2 Å². The predicted octanol–water partition coefficient (Wildman–Crippen LogP) is -0.796. The Morgan fingerprint density at radius 2 is 1.12 bits per heavy atom. The number of carbonyl (C=O) groups is 5. The van der Waals surface area contributed by atoms with Crippen molar-refractivity contribution in [2.75, 3.05) is 6.61 Å². The molecule has 26 heteroatoms. The summed E-state index contributed by atoms with van der Waals surface area (Å²) >= 11 is 0. The van der Waals surface area contributed by atoms with E-state index in [1.165, 1.54) is 0 Å². The zero-order chi connectivity index (χ0) is 47.8. The summed E-state index contributed by atoms with van der Waals surface area (Å²) in [6.45, 7) is -1.27. The number of cyclic esters (lactones) is 1. The Balaban J connectivity index is 1.28. The fraction of sp³-hybridized carbons (Fsp3) is 0.275. The van der Waals surface area contributed by atoms with Crippen LogP contribution in [0.1, 0.15) is 59.3 Å².